The van der Waals surface area contributed by atoms with E-state index in [-0.39, 0.29) is 5.75 Å². The van der Waals surface area contributed by atoms with E-state index in [1.54, 1.807) is 12.4 Å². The number of alkyl halides is 1. The Hall–Kier alpha value is -0.650. The summed E-state index contributed by atoms with van der Waals surface area (Å²) < 4.78 is 26.6. The summed E-state index contributed by atoms with van der Waals surface area (Å²) in [6.07, 6.45) is 6.74. The fourth-order valence-corrected chi connectivity index (χ4v) is 3.48. The SMILES string of the molecule is CCCC(CCCl)CNS(=O)(=O)CCc1ccncc1. The third-order valence-corrected chi connectivity index (χ3v) is 4.78. The molecular weight excluding hydrogens is 296 g/mol. The van der Waals surface area contributed by atoms with Crippen molar-refractivity contribution in [3.8, 4) is 0 Å². The number of nitrogens with zero attached hydrogens (tertiary/aromatic N) is 1. The van der Waals surface area contributed by atoms with Gasteiger partial charge in [0.25, 0.3) is 0 Å². The minimum Gasteiger partial charge on any atom is -0.265 e. The first-order valence-electron chi connectivity index (χ1n) is 6.99. The summed E-state index contributed by atoms with van der Waals surface area (Å²) in [6, 6.07) is 3.67. The highest BCUT2D eigenvalue weighted by atomic mass is 35.5. The van der Waals surface area contributed by atoms with Crippen molar-refractivity contribution in [2.75, 3.05) is 18.2 Å². The van der Waals surface area contributed by atoms with Gasteiger partial charge in [0.15, 0.2) is 0 Å². The monoisotopic (exact) mass is 318 g/mol. The van der Waals surface area contributed by atoms with E-state index in [1.165, 1.54) is 0 Å². The van der Waals surface area contributed by atoms with Crippen LogP contribution in [-0.4, -0.2) is 31.6 Å². The number of rotatable bonds is 10. The molecule has 0 fully saturated rings. The zero-order chi connectivity index (χ0) is 14.8. The topological polar surface area (TPSA) is 59.1 Å². The van der Waals surface area contributed by atoms with Crippen LogP contribution in [0.1, 0.15) is 31.7 Å². The quantitative estimate of drug-likeness (QED) is 0.675. The fraction of sp³-hybridized carbons (Fsp3) is 0.643. The maximum atomic E-state index is 12.0. The van der Waals surface area contributed by atoms with Gasteiger partial charge in [0, 0.05) is 24.8 Å². The molecule has 1 unspecified atom stereocenters. The molecule has 0 spiro atoms. The second kappa shape index (κ2) is 9.32. The van der Waals surface area contributed by atoms with E-state index in [9.17, 15) is 8.42 Å². The van der Waals surface area contributed by atoms with Crippen molar-refractivity contribution in [2.45, 2.75) is 32.6 Å². The highest BCUT2D eigenvalue weighted by molar-refractivity contribution is 7.89. The lowest BCUT2D eigenvalue weighted by Gasteiger charge is -2.15. The molecule has 1 aromatic heterocycles. The van der Waals surface area contributed by atoms with Crippen LogP contribution in [-0.2, 0) is 16.4 Å². The Morgan fingerprint density at radius 1 is 1.30 bits per heavy atom. The van der Waals surface area contributed by atoms with E-state index in [0.29, 0.717) is 24.8 Å². The number of aryl methyl sites for hydroxylation is 1. The van der Waals surface area contributed by atoms with Gasteiger partial charge in [-0.3, -0.25) is 4.98 Å². The van der Waals surface area contributed by atoms with Crippen LogP contribution < -0.4 is 4.72 Å². The number of nitrogens with one attached hydrogen (secondary N) is 1. The van der Waals surface area contributed by atoms with Crippen molar-refractivity contribution in [2.24, 2.45) is 5.92 Å². The summed E-state index contributed by atoms with van der Waals surface area (Å²) in [6.45, 7) is 2.58. The molecule has 1 N–H and O–H groups in total. The summed E-state index contributed by atoms with van der Waals surface area (Å²) >= 11 is 5.74. The molecule has 114 valence electrons. The zero-order valence-electron chi connectivity index (χ0n) is 11.9. The van der Waals surface area contributed by atoms with E-state index in [0.717, 1.165) is 24.8 Å². The van der Waals surface area contributed by atoms with Crippen molar-refractivity contribution in [3.63, 3.8) is 0 Å². The number of hydrogen-bond donors (Lipinski definition) is 1. The molecule has 1 atom stereocenters. The summed E-state index contributed by atoms with van der Waals surface area (Å²) in [7, 11) is -3.22. The van der Waals surface area contributed by atoms with Gasteiger partial charge in [0.05, 0.1) is 5.75 Å². The largest absolute Gasteiger partial charge is 0.265 e. The predicted octanol–water partition coefficient (Wildman–Crippen LogP) is 2.59. The van der Waals surface area contributed by atoms with Gasteiger partial charge >= 0.3 is 0 Å². The first kappa shape index (κ1) is 17.4. The molecule has 0 amide bonds. The normalized spacial score (nSPS) is 13.3. The lowest BCUT2D eigenvalue weighted by molar-refractivity contribution is 0.457. The number of hydrogen-bond acceptors (Lipinski definition) is 3. The molecule has 6 heteroatoms. The molecule has 4 nitrogen and oxygen atoms in total. The predicted molar refractivity (Wildman–Crippen MR) is 83.5 cm³/mol. The number of pyridine rings is 1. The standard InChI is InChI=1S/C14H23ClN2O2S/c1-2-3-14(4-8-15)12-17-20(18,19)11-7-13-5-9-16-10-6-13/h5-6,9-10,14,17H,2-4,7-8,11-12H2,1H3. The average molecular weight is 319 g/mol. The van der Waals surface area contributed by atoms with Crippen molar-refractivity contribution in [3.05, 3.63) is 30.1 Å². The van der Waals surface area contributed by atoms with Crippen LogP contribution in [0.15, 0.2) is 24.5 Å². The first-order chi connectivity index (χ1) is 9.57. The van der Waals surface area contributed by atoms with Gasteiger partial charge in [0.2, 0.25) is 10.0 Å². The van der Waals surface area contributed by atoms with Gasteiger partial charge in [-0.15, -0.1) is 11.6 Å². The van der Waals surface area contributed by atoms with Crippen molar-refractivity contribution < 1.29 is 8.42 Å². The van der Waals surface area contributed by atoms with Crippen LogP contribution in [0.4, 0.5) is 0 Å². The van der Waals surface area contributed by atoms with Crippen LogP contribution in [0.2, 0.25) is 0 Å². The van der Waals surface area contributed by atoms with Gasteiger partial charge in [-0.1, -0.05) is 13.3 Å². The molecule has 0 saturated carbocycles. The molecule has 1 aromatic rings. The third kappa shape index (κ3) is 7.22. The highest BCUT2D eigenvalue weighted by Crippen LogP contribution is 2.11. The maximum Gasteiger partial charge on any atom is 0.211 e. The van der Waals surface area contributed by atoms with E-state index in [1.807, 2.05) is 12.1 Å². The molecule has 0 aliphatic heterocycles. The maximum absolute atomic E-state index is 12.0. The summed E-state index contributed by atoms with van der Waals surface area (Å²) in [5, 5.41) is 0. The molecule has 20 heavy (non-hydrogen) atoms. The van der Waals surface area contributed by atoms with Crippen molar-refractivity contribution in [1.82, 2.24) is 9.71 Å². The highest BCUT2D eigenvalue weighted by Gasteiger charge is 2.14. The Balaban J connectivity index is 2.40. The van der Waals surface area contributed by atoms with E-state index >= 15 is 0 Å². The lowest BCUT2D eigenvalue weighted by atomic mass is 10.0. The molecule has 0 aliphatic carbocycles. The Kier molecular flexibility index (Phi) is 8.11. The summed E-state index contributed by atoms with van der Waals surface area (Å²) in [5.74, 6) is 1.01. The lowest BCUT2D eigenvalue weighted by Crippen LogP contribution is -2.32. The molecule has 0 radical (unpaired) electrons. The smallest absolute Gasteiger partial charge is 0.211 e. The minimum absolute atomic E-state index is 0.108. The Morgan fingerprint density at radius 2 is 2.00 bits per heavy atom. The Morgan fingerprint density at radius 3 is 2.60 bits per heavy atom. The van der Waals surface area contributed by atoms with E-state index < -0.39 is 10.0 Å². The van der Waals surface area contributed by atoms with Crippen LogP contribution in [0.3, 0.4) is 0 Å². The molecule has 0 saturated heterocycles. The number of sulfonamides is 1. The van der Waals surface area contributed by atoms with E-state index in [4.69, 9.17) is 11.6 Å². The number of aromatic nitrogens is 1. The molecule has 1 rings (SSSR count). The zero-order valence-corrected chi connectivity index (χ0v) is 13.5. The summed E-state index contributed by atoms with van der Waals surface area (Å²) in [5.41, 5.74) is 0.983. The Bertz CT molecular complexity index is 459. The minimum atomic E-state index is -3.22. The first-order valence-corrected chi connectivity index (χ1v) is 9.18. The molecule has 0 bridgehead atoms. The van der Waals surface area contributed by atoms with Crippen molar-refractivity contribution in [1.29, 1.82) is 0 Å². The number of halogens is 1. The molecule has 0 aromatic carbocycles. The van der Waals surface area contributed by atoms with Gasteiger partial charge in [-0.25, -0.2) is 13.1 Å². The van der Waals surface area contributed by atoms with Gasteiger partial charge in [-0.05, 0) is 42.9 Å². The van der Waals surface area contributed by atoms with Gasteiger partial charge in [0.1, 0.15) is 0 Å². The van der Waals surface area contributed by atoms with Crippen LogP contribution in [0.5, 0.6) is 0 Å². The van der Waals surface area contributed by atoms with E-state index in [2.05, 4.69) is 16.6 Å². The van der Waals surface area contributed by atoms with Crippen LogP contribution in [0, 0.1) is 5.92 Å². The fourth-order valence-electron chi connectivity index (χ4n) is 2.03. The van der Waals surface area contributed by atoms with Crippen LogP contribution in [0.25, 0.3) is 0 Å². The summed E-state index contributed by atoms with van der Waals surface area (Å²) in [4.78, 5) is 3.91. The second-order valence-electron chi connectivity index (χ2n) is 4.91. The molecular formula is C14H23ClN2O2S. The van der Waals surface area contributed by atoms with Crippen LogP contribution >= 0.6 is 11.6 Å². The van der Waals surface area contributed by atoms with Crippen molar-refractivity contribution >= 4 is 21.6 Å². The van der Waals surface area contributed by atoms with Gasteiger partial charge < -0.3 is 0 Å². The molecule has 1 heterocycles. The second-order valence-corrected chi connectivity index (χ2v) is 7.21. The van der Waals surface area contributed by atoms with Gasteiger partial charge in [-0.2, -0.15) is 0 Å². The molecule has 0 aliphatic rings. The third-order valence-electron chi connectivity index (χ3n) is 3.22. The average Bonchev–Trinajstić information content (AvgIpc) is 2.45. The Labute approximate surface area is 127 Å².